The number of ether oxygens (including phenoxy) is 4. The van der Waals surface area contributed by atoms with Crippen molar-refractivity contribution < 1.29 is 32.8 Å². The van der Waals surface area contributed by atoms with Gasteiger partial charge in [-0.2, -0.15) is 8.78 Å². The molecule has 0 amide bonds. The summed E-state index contributed by atoms with van der Waals surface area (Å²) in [4.78, 5) is 0. The molecular weight excluding hydrogens is 490 g/mol. The van der Waals surface area contributed by atoms with E-state index in [2.05, 4.69) is 19.1 Å². The van der Waals surface area contributed by atoms with Gasteiger partial charge in [-0.1, -0.05) is 24.6 Å². The second-order valence-electron chi connectivity index (χ2n) is 12.7. The van der Waals surface area contributed by atoms with Crippen LogP contribution in [0.3, 0.4) is 0 Å². The largest absolute Gasteiger partial charge is 0.497 e. The number of benzene rings is 1. The van der Waals surface area contributed by atoms with Crippen molar-refractivity contribution >= 4 is 0 Å². The Bertz CT molecular complexity index is 1180. The second kappa shape index (κ2) is 8.60. The summed E-state index contributed by atoms with van der Waals surface area (Å²) in [5, 5.41) is 12.2. The van der Waals surface area contributed by atoms with E-state index >= 15 is 0 Å². The van der Waals surface area contributed by atoms with Crippen LogP contribution >= 0.6 is 0 Å². The Hall–Kier alpha value is -1.80. The highest BCUT2D eigenvalue weighted by Crippen LogP contribution is 2.71. The summed E-state index contributed by atoms with van der Waals surface area (Å²) in [6, 6.07) is 8.20. The normalized spacial score (nSPS) is 41.4. The van der Waals surface area contributed by atoms with Gasteiger partial charge in [0.05, 0.1) is 32.5 Å². The van der Waals surface area contributed by atoms with Crippen LogP contribution < -0.4 is 4.74 Å². The van der Waals surface area contributed by atoms with E-state index in [4.69, 9.17) is 18.9 Å². The maximum Gasteiger partial charge on any atom is 0.272 e. The summed E-state index contributed by atoms with van der Waals surface area (Å²) in [7, 11) is 1.66. The molecule has 7 rings (SSSR count). The highest BCUT2D eigenvalue weighted by Gasteiger charge is 2.68. The first kappa shape index (κ1) is 25.2. The predicted octanol–water partition coefficient (Wildman–Crippen LogP) is 6.27. The van der Waals surface area contributed by atoms with Gasteiger partial charge in [0.25, 0.3) is 6.08 Å². The summed E-state index contributed by atoms with van der Waals surface area (Å²) >= 11 is 0. The van der Waals surface area contributed by atoms with Crippen LogP contribution in [0.1, 0.15) is 76.2 Å². The number of allylic oxidation sites excluding steroid dienone is 1. The summed E-state index contributed by atoms with van der Waals surface area (Å²) < 4.78 is 52.6. The Balaban J connectivity index is 1.37. The fourth-order valence-electron chi connectivity index (χ4n) is 9.73. The Kier molecular flexibility index (Phi) is 5.70. The third-order valence-electron chi connectivity index (χ3n) is 11.3. The van der Waals surface area contributed by atoms with Crippen LogP contribution in [0.5, 0.6) is 5.75 Å². The Morgan fingerprint density at radius 1 is 0.974 bits per heavy atom. The average Bonchev–Trinajstić information content (AvgIpc) is 3.62. The number of hydrogen-bond acceptors (Lipinski definition) is 5. The van der Waals surface area contributed by atoms with Gasteiger partial charge in [0.15, 0.2) is 5.79 Å². The van der Waals surface area contributed by atoms with Crippen molar-refractivity contribution in [1.82, 2.24) is 0 Å². The van der Waals surface area contributed by atoms with Crippen LogP contribution in [-0.2, 0) is 14.2 Å². The lowest BCUT2D eigenvalue weighted by Gasteiger charge is -2.58. The van der Waals surface area contributed by atoms with Crippen molar-refractivity contribution in [2.75, 3.05) is 26.9 Å². The molecule has 2 heterocycles. The molecule has 0 radical (unpaired) electrons. The van der Waals surface area contributed by atoms with Gasteiger partial charge in [-0.15, -0.1) is 0 Å². The zero-order chi connectivity index (χ0) is 26.3. The van der Waals surface area contributed by atoms with E-state index in [1.54, 1.807) is 7.11 Å². The predicted molar refractivity (Wildman–Crippen MR) is 137 cm³/mol. The fraction of sp³-hybridized carbons (Fsp3) is 0.677. The molecule has 0 aromatic heterocycles. The molecule has 6 aliphatic rings. The van der Waals surface area contributed by atoms with Crippen molar-refractivity contribution in [2.45, 2.75) is 87.6 Å². The lowest BCUT2D eigenvalue weighted by Crippen LogP contribution is -2.55. The average molecular weight is 529 g/mol. The van der Waals surface area contributed by atoms with E-state index in [1.165, 1.54) is 5.57 Å². The standard InChI is InChI=1S/C31H38F2O5/c1-28-17-22(19-3-5-20(35-2)6-4-19)26-21(23(28)9-13-31(28)25(27(32)33)10-14-38-31)7-11-29(34)18-30(12-8-24(26)29)36-15-16-37-30/h3-6,21-23,34H,7-18H2,1-2H3/t21?,22-,23?,28+,29-,31-/m1/s1. The van der Waals surface area contributed by atoms with Crippen molar-refractivity contribution in [3.63, 3.8) is 0 Å². The van der Waals surface area contributed by atoms with Crippen molar-refractivity contribution in [1.29, 1.82) is 0 Å². The molecule has 5 nitrogen and oxygen atoms in total. The third kappa shape index (κ3) is 3.34. The highest BCUT2D eigenvalue weighted by atomic mass is 19.3. The summed E-state index contributed by atoms with van der Waals surface area (Å²) in [5.41, 5.74) is 1.63. The first-order chi connectivity index (χ1) is 18.2. The van der Waals surface area contributed by atoms with Crippen molar-refractivity contribution in [3.05, 3.63) is 52.6 Å². The van der Waals surface area contributed by atoms with Gasteiger partial charge in [-0.25, -0.2) is 0 Å². The molecule has 4 aliphatic carbocycles. The molecule has 2 unspecified atom stereocenters. The molecule has 2 spiro atoms. The lowest BCUT2D eigenvalue weighted by atomic mass is 9.49. The molecule has 1 aromatic rings. The zero-order valence-corrected chi connectivity index (χ0v) is 22.4. The van der Waals surface area contributed by atoms with Gasteiger partial charge >= 0.3 is 0 Å². The van der Waals surface area contributed by atoms with E-state index in [0.717, 1.165) is 49.0 Å². The molecule has 7 heteroatoms. The molecule has 6 atom stereocenters. The van der Waals surface area contributed by atoms with Crippen LogP contribution in [0.4, 0.5) is 8.78 Å². The van der Waals surface area contributed by atoms with Crippen LogP contribution in [0, 0.1) is 17.3 Å². The quantitative estimate of drug-likeness (QED) is 0.459. The molecule has 3 saturated carbocycles. The number of rotatable bonds is 2. The molecule has 2 saturated heterocycles. The maximum atomic E-state index is 14.3. The Labute approximate surface area is 223 Å². The first-order valence-electron chi connectivity index (χ1n) is 14.3. The van der Waals surface area contributed by atoms with Crippen LogP contribution in [0.15, 0.2) is 47.1 Å². The van der Waals surface area contributed by atoms with E-state index in [-0.39, 0.29) is 23.3 Å². The first-order valence-corrected chi connectivity index (χ1v) is 14.3. The topological polar surface area (TPSA) is 57.2 Å². The SMILES string of the molecule is COc1ccc([C@H]2C[C@@]3(C)C(CC[C@]34OCCC4=C(F)F)C3CC[C@@]4(O)CC5(CCC4=C32)OCCO5)cc1. The van der Waals surface area contributed by atoms with E-state index in [1.807, 2.05) is 12.1 Å². The highest BCUT2D eigenvalue weighted by molar-refractivity contribution is 5.46. The summed E-state index contributed by atoms with van der Waals surface area (Å²) in [6.45, 7) is 3.72. The fourth-order valence-corrected chi connectivity index (χ4v) is 9.73. The lowest BCUT2D eigenvalue weighted by molar-refractivity contribution is -0.208. The van der Waals surface area contributed by atoms with Gasteiger partial charge < -0.3 is 24.1 Å². The molecule has 206 valence electrons. The zero-order valence-electron chi connectivity index (χ0n) is 22.4. The number of fused-ring (bicyclic) bond motifs is 5. The minimum absolute atomic E-state index is 0.0246. The van der Waals surface area contributed by atoms with Crippen LogP contribution in [0.2, 0.25) is 0 Å². The number of methoxy groups -OCH3 is 1. The molecule has 0 bridgehead atoms. The number of halogens is 2. The summed E-state index contributed by atoms with van der Waals surface area (Å²) in [6.07, 6.45) is 4.45. The minimum atomic E-state index is -1.55. The molecule has 5 fully saturated rings. The van der Waals surface area contributed by atoms with Gasteiger partial charge in [0, 0.05) is 36.2 Å². The van der Waals surface area contributed by atoms with Gasteiger partial charge in [-0.3, -0.25) is 0 Å². The third-order valence-corrected chi connectivity index (χ3v) is 11.3. The Morgan fingerprint density at radius 2 is 1.74 bits per heavy atom. The van der Waals surface area contributed by atoms with Gasteiger partial charge in [-0.05, 0) is 73.6 Å². The van der Waals surface area contributed by atoms with E-state index in [9.17, 15) is 13.9 Å². The molecule has 1 aromatic carbocycles. The smallest absolute Gasteiger partial charge is 0.272 e. The van der Waals surface area contributed by atoms with E-state index < -0.39 is 28.5 Å². The van der Waals surface area contributed by atoms with Crippen molar-refractivity contribution in [2.24, 2.45) is 17.3 Å². The molecule has 38 heavy (non-hydrogen) atoms. The van der Waals surface area contributed by atoms with Crippen LogP contribution in [0.25, 0.3) is 0 Å². The monoisotopic (exact) mass is 528 g/mol. The van der Waals surface area contributed by atoms with Gasteiger partial charge in [0.2, 0.25) is 0 Å². The molecular formula is C31H38F2O5. The molecule has 2 aliphatic heterocycles. The number of hydrogen-bond donors (Lipinski definition) is 1. The van der Waals surface area contributed by atoms with Crippen molar-refractivity contribution in [3.8, 4) is 5.75 Å². The van der Waals surface area contributed by atoms with Gasteiger partial charge in [0.1, 0.15) is 11.4 Å². The number of aliphatic hydroxyl groups is 1. The molecule has 1 N–H and O–H groups in total. The maximum absolute atomic E-state index is 14.3. The van der Waals surface area contributed by atoms with Crippen LogP contribution in [-0.4, -0.2) is 49.0 Å². The Morgan fingerprint density at radius 3 is 2.45 bits per heavy atom. The minimum Gasteiger partial charge on any atom is -0.497 e. The van der Waals surface area contributed by atoms with E-state index in [0.29, 0.717) is 45.5 Å². The summed E-state index contributed by atoms with van der Waals surface area (Å²) in [5.74, 6) is 0.614. The second-order valence-corrected chi connectivity index (χ2v) is 12.7.